The van der Waals surface area contributed by atoms with Gasteiger partial charge in [-0.2, -0.15) is 0 Å². The lowest BCUT2D eigenvalue weighted by molar-refractivity contribution is -0.123. The highest BCUT2D eigenvalue weighted by molar-refractivity contribution is 7.47. The summed E-state index contributed by atoms with van der Waals surface area (Å²) < 4.78 is 22.1. The number of aliphatic hydroxyl groups excluding tert-OH is 1. The Balaban J connectivity index is 4.34. The molecule has 3 unspecified atom stereocenters. The predicted octanol–water partition coefficient (Wildman–Crippen LogP) is 12.3. The van der Waals surface area contributed by atoms with Gasteiger partial charge in [-0.1, -0.05) is 164 Å². The lowest BCUT2D eigenvalue weighted by Gasteiger charge is -2.23. The van der Waals surface area contributed by atoms with E-state index < -0.39 is 20.0 Å². The Morgan fingerprint density at radius 1 is 0.611 bits per heavy atom. The van der Waals surface area contributed by atoms with Gasteiger partial charge in [-0.05, 0) is 77.0 Å². The summed E-state index contributed by atoms with van der Waals surface area (Å²) in [7, 11) is -4.36. The number of carbonyl (C=O) groups is 1. The van der Waals surface area contributed by atoms with Crippen LogP contribution in [-0.4, -0.2) is 47.8 Å². The van der Waals surface area contributed by atoms with Gasteiger partial charge in [0.2, 0.25) is 5.91 Å². The van der Waals surface area contributed by atoms with E-state index in [1.54, 1.807) is 6.08 Å². The van der Waals surface area contributed by atoms with Crippen LogP contribution >= 0.6 is 7.82 Å². The minimum atomic E-state index is -4.36. The second-order valence-corrected chi connectivity index (χ2v) is 16.0. The van der Waals surface area contributed by atoms with Crippen molar-refractivity contribution in [3.63, 3.8) is 0 Å². The summed E-state index contributed by atoms with van der Waals surface area (Å²) in [6, 6.07) is -0.892. The molecule has 0 heterocycles. The first-order valence-corrected chi connectivity index (χ1v) is 23.4. The molecule has 314 valence electrons. The summed E-state index contributed by atoms with van der Waals surface area (Å²) in [5.74, 6) is -0.224. The minimum absolute atomic E-state index is 0.0671. The molecule has 0 aromatic heterocycles. The molecule has 3 atom stereocenters. The number of hydrogen-bond donors (Lipinski definition) is 4. The highest BCUT2D eigenvalue weighted by atomic mass is 31.2. The summed E-state index contributed by atoms with van der Waals surface area (Å²) in [5, 5.41) is 13.6. The van der Waals surface area contributed by atoms with Gasteiger partial charge in [0.25, 0.3) is 0 Å². The van der Waals surface area contributed by atoms with E-state index in [1.165, 1.54) is 96.3 Å². The SMILES string of the molecule is CCCCCC/C=C\C/C=C\CCCCCCCC(=O)NC(COP(=O)(O)OCCN)C(O)/C=C/CC/C=C/CC/C=C/CCCCCCCCCCC. The predicted molar refractivity (Wildman–Crippen MR) is 230 cm³/mol. The third-order valence-corrected chi connectivity index (χ3v) is 10.3. The standard InChI is InChI=1S/C45H83N2O6P/c1-3-5-7-9-11-13-15-17-19-21-22-23-24-26-28-30-32-34-36-38-44(48)43(42-53-54(50,51)52-41-40-46)47-45(49)39-37-35-33-31-29-27-25-20-18-16-14-12-10-8-6-4-2/h14,16,20,22-23,25,28,30,36,38,43-44,48H,3-13,15,17-19,21,24,26-27,29,31-35,37,39-42,46H2,1-2H3,(H,47,49)(H,50,51)/b16-14-,23-22+,25-20-,30-28+,38-36+. The van der Waals surface area contributed by atoms with Crippen molar-refractivity contribution in [1.29, 1.82) is 0 Å². The van der Waals surface area contributed by atoms with E-state index >= 15 is 0 Å². The van der Waals surface area contributed by atoms with Gasteiger partial charge >= 0.3 is 7.82 Å². The van der Waals surface area contributed by atoms with Gasteiger partial charge in [0, 0.05) is 13.0 Å². The summed E-state index contributed by atoms with van der Waals surface area (Å²) >= 11 is 0. The van der Waals surface area contributed by atoms with E-state index in [0.29, 0.717) is 6.42 Å². The van der Waals surface area contributed by atoms with E-state index in [1.807, 2.05) is 6.08 Å². The minimum Gasteiger partial charge on any atom is -0.387 e. The number of allylic oxidation sites excluding steroid dienone is 9. The van der Waals surface area contributed by atoms with Gasteiger partial charge in [0.15, 0.2) is 0 Å². The van der Waals surface area contributed by atoms with Gasteiger partial charge in [-0.15, -0.1) is 0 Å². The summed E-state index contributed by atoms with van der Waals surface area (Å²) in [5.41, 5.74) is 5.37. The molecule has 9 heteroatoms. The third kappa shape index (κ3) is 38.5. The van der Waals surface area contributed by atoms with Crippen LogP contribution in [0.15, 0.2) is 60.8 Å². The number of phosphoric acid groups is 1. The fourth-order valence-corrected chi connectivity index (χ4v) is 6.72. The topological polar surface area (TPSA) is 131 Å². The van der Waals surface area contributed by atoms with Gasteiger partial charge in [-0.25, -0.2) is 4.57 Å². The smallest absolute Gasteiger partial charge is 0.387 e. The monoisotopic (exact) mass is 779 g/mol. The molecule has 8 nitrogen and oxygen atoms in total. The van der Waals surface area contributed by atoms with Crippen LogP contribution in [0.25, 0.3) is 0 Å². The summed E-state index contributed by atoms with van der Waals surface area (Å²) in [6.07, 6.45) is 51.3. The van der Waals surface area contributed by atoms with E-state index in [-0.39, 0.29) is 25.7 Å². The second-order valence-electron chi connectivity index (χ2n) is 14.5. The van der Waals surface area contributed by atoms with Crippen LogP contribution in [0.1, 0.15) is 187 Å². The van der Waals surface area contributed by atoms with Crippen molar-refractivity contribution in [3.8, 4) is 0 Å². The number of phosphoric ester groups is 1. The lowest BCUT2D eigenvalue weighted by atomic mass is 10.1. The van der Waals surface area contributed by atoms with Crippen LogP contribution in [-0.2, 0) is 18.4 Å². The number of hydrogen-bond acceptors (Lipinski definition) is 6. The van der Waals surface area contributed by atoms with Gasteiger partial charge in [0.1, 0.15) is 0 Å². The van der Waals surface area contributed by atoms with Crippen LogP contribution < -0.4 is 11.1 Å². The maximum absolute atomic E-state index is 12.7. The molecule has 0 aliphatic rings. The number of aliphatic hydroxyl groups is 1. The highest BCUT2D eigenvalue weighted by Gasteiger charge is 2.26. The second kappa shape index (κ2) is 40.9. The van der Waals surface area contributed by atoms with Crippen LogP contribution in [0.2, 0.25) is 0 Å². The van der Waals surface area contributed by atoms with Crippen LogP contribution in [0, 0.1) is 0 Å². The molecule has 54 heavy (non-hydrogen) atoms. The quantitative estimate of drug-likeness (QED) is 0.0277. The lowest BCUT2D eigenvalue weighted by Crippen LogP contribution is -2.45. The Morgan fingerprint density at radius 3 is 1.56 bits per heavy atom. The maximum atomic E-state index is 12.7. The Bertz CT molecular complexity index is 1030. The zero-order valence-corrected chi connectivity index (χ0v) is 35.6. The first-order valence-electron chi connectivity index (χ1n) is 21.9. The molecule has 0 aromatic rings. The molecular formula is C45H83N2O6P. The number of carbonyl (C=O) groups excluding carboxylic acids is 1. The molecular weight excluding hydrogens is 695 g/mol. The fourth-order valence-electron chi connectivity index (χ4n) is 5.96. The molecule has 0 saturated carbocycles. The van der Waals surface area contributed by atoms with Crippen molar-refractivity contribution in [1.82, 2.24) is 5.32 Å². The van der Waals surface area contributed by atoms with E-state index in [0.717, 1.165) is 70.6 Å². The van der Waals surface area contributed by atoms with Crippen LogP contribution in [0.4, 0.5) is 0 Å². The zero-order chi connectivity index (χ0) is 39.6. The Kier molecular flexibility index (Phi) is 39.5. The van der Waals surface area contributed by atoms with E-state index in [9.17, 15) is 19.4 Å². The van der Waals surface area contributed by atoms with Gasteiger partial charge in [-0.3, -0.25) is 13.8 Å². The van der Waals surface area contributed by atoms with E-state index in [2.05, 4.69) is 67.8 Å². The molecule has 1 amide bonds. The van der Waals surface area contributed by atoms with Crippen molar-refractivity contribution in [2.45, 2.75) is 199 Å². The first kappa shape index (κ1) is 52.2. The molecule has 0 fully saturated rings. The van der Waals surface area contributed by atoms with Crippen molar-refractivity contribution in [3.05, 3.63) is 60.8 Å². The van der Waals surface area contributed by atoms with E-state index in [4.69, 9.17) is 14.8 Å². The molecule has 0 rings (SSSR count). The van der Waals surface area contributed by atoms with Crippen molar-refractivity contribution < 1.29 is 28.4 Å². The van der Waals surface area contributed by atoms with Crippen LogP contribution in [0.3, 0.4) is 0 Å². The Hall–Kier alpha value is -1.80. The number of amides is 1. The zero-order valence-electron chi connectivity index (χ0n) is 34.7. The molecule has 0 bridgehead atoms. The number of nitrogens with two attached hydrogens (primary N) is 1. The molecule has 0 saturated heterocycles. The molecule has 0 aliphatic carbocycles. The molecule has 0 aliphatic heterocycles. The van der Waals surface area contributed by atoms with Crippen LogP contribution in [0.5, 0.6) is 0 Å². The molecule has 5 N–H and O–H groups in total. The van der Waals surface area contributed by atoms with Crippen molar-refractivity contribution >= 4 is 13.7 Å². The van der Waals surface area contributed by atoms with Crippen molar-refractivity contribution in [2.24, 2.45) is 5.73 Å². The molecule has 0 aromatic carbocycles. The molecule has 0 spiro atoms. The normalized spacial score (nSPS) is 14.7. The summed E-state index contributed by atoms with van der Waals surface area (Å²) in [6.45, 7) is 4.07. The largest absolute Gasteiger partial charge is 0.472 e. The number of nitrogens with one attached hydrogen (secondary N) is 1. The maximum Gasteiger partial charge on any atom is 0.472 e. The van der Waals surface area contributed by atoms with Gasteiger partial charge < -0.3 is 21.1 Å². The summed E-state index contributed by atoms with van der Waals surface area (Å²) in [4.78, 5) is 22.7. The Morgan fingerprint density at radius 2 is 1.04 bits per heavy atom. The Labute approximate surface area is 332 Å². The average Bonchev–Trinajstić information content (AvgIpc) is 3.16. The third-order valence-electron chi connectivity index (χ3n) is 9.29. The highest BCUT2D eigenvalue weighted by Crippen LogP contribution is 2.43. The fraction of sp³-hybridized carbons (Fsp3) is 0.756. The molecule has 0 radical (unpaired) electrons. The number of rotatable bonds is 40. The average molecular weight is 779 g/mol. The van der Waals surface area contributed by atoms with Gasteiger partial charge in [0.05, 0.1) is 25.4 Å². The van der Waals surface area contributed by atoms with Crippen molar-refractivity contribution in [2.75, 3.05) is 19.8 Å². The first-order chi connectivity index (χ1) is 26.4. The number of unbranched alkanes of at least 4 members (excludes halogenated alkanes) is 20.